The van der Waals surface area contributed by atoms with E-state index in [9.17, 15) is 10.2 Å². The summed E-state index contributed by atoms with van der Waals surface area (Å²) in [5.41, 5.74) is 0.626. The second-order valence-electron chi connectivity index (χ2n) is 12.7. The number of aliphatic hydroxyl groups excluding tert-OH is 2. The molecule has 4 rings (SSSR count). The summed E-state index contributed by atoms with van der Waals surface area (Å²) in [7, 11) is 0. The Morgan fingerprint density at radius 3 is 2.21 bits per heavy atom. The molecule has 168 valence electrons. The van der Waals surface area contributed by atoms with Gasteiger partial charge < -0.3 is 10.2 Å². The topological polar surface area (TPSA) is 40.5 Å². The standard InChI is InChI=1S/C27H48O2/c1-17(2)9-8-10-18(3)19-12-13-20-23-21(14-16-27(19,20)5)26(4)15-7-6-11-22(26)24(28)25(23)29/h17-25,28-29H,6-16H2,1-5H3/t18-,19-,20+,21+,22-,23+,24+,25+,26-,27-/m1/s1. The summed E-state index contributed by atoms with van der Waals surface area (Å²) >= 11 is 0. The van der Waals surface area contributed by atoms with Crippen LogP contribution in [0.2, 0.25) is 0 Å². The molecule has 2 N–H and O–H groups in total. The molecular formula is C27H48O2. The maximum Gasteiger partial charge on any atom is 0.0835 e. The third-order valence-corrected chi connectivity index (χ3v) is 10.9. The minimum Gasteiger partial charge on any atom is -0.390 e. The van der Waals surface area contributed by atoms with Crippen LogP contribution in [0.25, 0.3) is 0 Å². The van der Waals surface area contributed by atoms with Gasteiger partial charge in [-0.15, -0.1) is 0 Å². The summed E-state index contributed by atoms with van der Waals surface area (Å²) < 4.78 is 0. The zero-order valence-electron chi connectivity index (χ0n) is 19.9. The predicted octanol–water partition coefficient (Wildman–Crippen LogP) is 6.44. The van der Waals surface area contributed by atoms with Gasteiger partial charge in [0.2, 0.25) is 0 Å². The van der Waals surface area contributed by atoms with E-state index in [-0.39, 0.29) is 5.41 Å². The van der Waals surface area contributed by atoms with E-state index in [2.05, 4.69) is 34.6 Å². The first-order valence-corrected chi connectivity index (χ1v) is 13.1. The number of aliphatic hydroxyl groups is 2. The molecule has 4 saturated carbocycles. The lowest BCUT2D eigenvalue weighted by molar-refractivity contribution is -0.215. The first kappa shape index (κ1) is 22.1. The molecule has 4 fully saturated rings. The first-order valence-electron chi connectivity index (χ1n) is 13.1. The van der Waals surface area contributed by atoms with E-state index < -0.39 is 12.2 Å². The Morgan fingerprint density at radius 2 is 1.48 bits per heavy atom. The van der Waals surface area contributed by atoms with Crippen LogP contribution in [0.1, 0.15) is 105 Å². The molecule has 0 aromatic heterocycles. The van der Waals surface area contributed by atoms with Crippen LogP contribution in [0.3, 0.4) is 0 Å². The lowest BCUT2D eigenvalue weighted by Gasteiger charge is -2.63. The van der Waals surface area contributed by atoms with E-state index in [1.54, 1.807) is 0 Å². The second kappa shape index (κ2) is 8.12. The average Bonchev–Trinajstić information content (AvgIpc) is 3.02. The molecule has 0 spiro atoms. The third-order valence-electron chi connectivity index (χ3n) is 10.9. The minimum absolute atomic E-state index is 0.254. The number of rotatable bonds is 5. The molecule has 2 nitrogen and oxygen atoms in total. The van der Waals surface area contributed by atoms with Crippen LogP contribution in [0, 0.1) is 52.3 Å². The smallest absolute Gasteiger partial charge is 0.0835 e. The van der Waals surface area contributed by atoms with Crippen molar-refractivity contribution in [1.29, 1.82) is 0 Å². The van der Waals surface area contributed by atoms with Gasteiger partial charge in [0.1, 0.15) is 0 Å². The van der Waals surface area contributed by atoms with Crippen molar-refractivity contribution in [2.24, 2.45) is 52.3 Å². The van der Waals surface area contributed by atoms with Gasteiger partial charge in [-0.1, -0.05) is 66.7 Å². The predicted molar refractivity (Wildman–Crippen MR) is 120 cm³/mol. The van der Waals surface area contributed by atoms with E-state index in [0.717, 1.165) is 24.2 Å². The quantitative estimate of drug-likeness (QED) is 0.553. The Balaban J connectivity index is 1.54. The number of fused-ring (bicyclic) bond motifs is 5. The minimum atomic E-state index is -0.494. The molecule has 0 radical (unpaired) electrons. The molecule has 0 aromatic rings. The van der Waals surface area contributed by atoms with Gasteiger partial charge in [0.15, 0.2) is 0 Å². The Kier molecular flexibility index (Phi) is 6.19. The highest BCUT2D eigenvalue weighted by atomic mass is 16.3. The van der Waals surface area contributed by atoms with Crippen LogP contribution >= 0.6 is 0 Å². The van der Waals surface area contributed by atoms with Crippen LogP contribution in [0.4, 0.5) is 0 Å². The molecule has 0 unspecified atom stereocenters. The molecule has 0 heterocycles. The zero-order valence-corrected chi connectivity index (χ0v) is 19.9. The van der Waals surface area contributed by atoms with Gasteiger partial charge in [-0.3, -0.25) is 0 Å². The fourth-order valence-electron chi connectivity index (χ4n) is 9.34. The normalized spacial score (nSPS) is 50.7. The van der Waals surface area contributed by atoms with E-state index in [4.69, 9.17) is 0 Å². The van der Waals surface area contributed by atoms with Gasteiger partial charge in [-0.05, 0) is 90.8 Å². The Morgan fingerprint density at radius 1 is 0.759 bits per heavy atom. The van der Waals surface area contributed by atoms with Crippen LogP contribution in [-0.2, 0) is 0 Å². The highest BCUT2D eigenvalue weighted by molar-refractivity contribution is 5.13. The van der Waals surface area contributed by atoms with Crippen molar-refractivity contribution in [3.05, 3.63) is 0 Å². The molecule has 0 amide bonds. The molecule has 0 bridgehead atoms. The van der Waals surface area contributed by atoms with Gasteiger partial charge in [0.05, 0.1) is 12.2 Å². The van der Waals surface area contributed by atoms with Gasteiger partial charge in [0.25, 0.3) is 0 Å². The van der Waals surface area contributed by atoms with Crippen molar-refractivity contribution in [2.45, 2.75) is 117 Å². The van der Waals surface area contributed by atoms with Crippen molar-refractivity contribution in [3.63, 3.8) is 0 Å². The second-order valence-corrected chi connectivity index (χ2v) is 12.7. The van der Waals surface area contributed by atoms with Gasteiger partial charge in [-0.25, -0.2) is 0 Å². The fraction of sp³-hybridized carbons (Fsp3) is 1.00. The highest BCUT2D eigenvalue weighted by Gasteiger charge is 2.64. The van der Waals surface area contributed by atoms with E-state index >= 15 is 0 Å². The SMILES string of the molecule is CC(C)CCC[C@@H](C)[C@H]1CC[C@H]2[C@@H]3[C@H](O)[C@@H](O)[C@H]4CCCC[C@]4(C)[C@H]3CC[C@]12C. The molecule has 0 aliphatic heterocycles. The van der Waals surface area contributed by atoms with Crippen LogP contribution in [0.15, 0.2) is 0 Å². The summed E-state index contributed by atoms with van der Waals surface area (Å²) in [5, 5.41) is 22.5. The molecule has 4 aliphatic carbocycles. The Bertz CT molecular complexity index is 573. The van der Waals surface area contributed by atoms with Crippen molar-refractivity contribution in [3.8, 4) is 0 Å². The highest BCUT2D eigenvalue weighted by Crippen LogP contribution is 2.68. The Labute approximate surface area is 180 Å². The third kappa shape index (κ3) is 3.53. The summed E-state index contributed by atoms with van der Waals surface area (Å²) in [6, 6.07) is 0. The van der Waals surface area contributed by atoms with E-state index in [1.165, 1.54) is 64.2 Å². The van der Waals surface area contributed by atoms with Crippen molar-refractivity contribution >= 4 is 0 Å². The van der Waals surface area contributed by atoms with Crippen molar-refractivity contribution < 1.29 is 10.2 Å². The van der Waals surface area contributed by atoms with Gasteiger partial charge in [0, 0.05) is 0 Å². The first-order chi connectivity index (χ1) is 13.7. The monoisotopic (exact) mass is 404 g/mol. The zero-order chi connectivity index (χ0) is 21.0. The van der Waals surface area contributed by atoms with Gasteiger partial charge in [-0.2, -0.15) is 0 Å². The van der Waals surface area contributed by atoms with Crippen molar-refractivity contribution in [2.75, 3.05) is 0 Å². The maximum atomic E-state index is 11.4. The van der Waals surface area contributed by atoms with Crippen LogP contribution in [-0.4, -0.2) is 22.4 Å². The molecule has 29 heavy (non-hydrogen) atoms. The van der Waals surface area contributed by atoms with Crippen LogP contribution in [0.5, 0.6) is 0 Å². The lowest BCUT2D eigenvalue weighted by atomic mass is 9.43. The summed E-state index contributed by atoms with van der Waals surface area (Å²) in [6.07, 6.45) is 13.3. The summed E-state index contributed by atoms with van der Waals surface area (Å²) in [5.74, 6) is 4.31. The number of hydrogen-bond acceptors (Lipinski definition) is 2. The van der Waals surface area contributed by atoms with Crippen LogP contribution < -0.4 is 0 Å². The number of hydrogen-bond donors (Lipinski definition) is 2. The molecule has 10 atom stereocenters. The Hall–Kier alpha value is -0.0800. The average molecular weight is 405 g/mol. The summed E-state index contributed by atoms with van der Waals surface area (Å²) in [6.45, 7) is 12.2. The fourth-order valence-corrected chi connectivity index (χ4v) is 9.34. The maximum absolute atomic E-state index is 11.4. The van der Waals surface area contributed by atoms with E-state index in [0.29, 0.717) is 29.1 Å². The van der Waals surface area contributed by atoms with Gasteiger partial charge >= 0.3 is 0 Å². The molecular weight excluding hydrogens is 356 g/mol. The lowest BCUT2D eigenvalue weighted by Crippen LogP contribution is -2.63. The molecule has 2 heteroatoms. The molecule has 0 aromatic carbocycles. The van der Waals surface area contributed by atoms with Crippen molar-refractivity contribution in [1.82, 2.24) is 0 Å². The molecule has 0 saturated heterocycles. The molecule has 4 aliphatic rings. The summed E-state index contributed by atoms with van der Waals surface area (Å²) in [4.78, 5) is 0. The largest absolute Gasteiger partial charge is 0.390 e. The van der Waals surface area contributed by atoms with E-state index in [1.807, 2.05) is 0 Å².